The second-order valence-electron chi connectivity index (χ2n) is 5.00. The zero-order valence-electron chi connectivity index (χ0n) is 11.9. The van der Waals surface area contributed by atoms with Crippen LogP contribution in [0.15, 0.2) is 53.3 Å². The molecule has 0 amide bonds. The van der Waals surface area contributed by atoms with E-state index < -0.39 is 4.92 Å². The predicted molar refractivity (Wildman–Crippen MR) is 82.9 cm³/mol. The summed E-state index contributed by atoms with van der Waals surface area (Å²) in [5, 5.41) is 10.9. The number of rotatable bonds is 3. The fourth-order valence-electron chi connectivity index (χ4n) is 2.40. The van der Waals surface area contributed by atoms with Crippen molar-refractivity contribution in [2.45, 2.75) is 13.5 Å². The van der Waals surface area contributed by atoms with Crippen LogP contribution in [0.4, 0.5) is 5.69 Å². The lowest BCUT2D eigenvalue weighted by Gasteiger charge is -2.11. The molecule has 0 spiro atoms. The lowest BCUT2D eigenvalue weighted by molar-refractivity contribution is -0.384. The molecule has 1 heterocycles. The van der Waals surface area contributed by atoms with Crippen LogP contribution >= 0.6 is 0 Å². The molecule has 3 aromatic rings. The van der Waals surface area contributed by atoms with Crippen LogP contribution in [0, 0.1) is 17.0 Å². The number of hydrogen-bond acceptors (Lipinski definition) is 4. The zero-order chi connectivity index (χ0) is 15.7. The zero-order valence-corrected chi connectivity index (χ0v) is 11.9. The maximum atomic E-state index is 12.4. The summed E-state index contributed by atoms with van der Waals surface area (Å²) in [7, 11) is 0. The minimum absolute atomic E-state index is 0.0377. The van der Waals surface area contributed by atoms with Crippen LogP contribution < -0.4 is 5.56 Å². The Hall–Kier alpha value is -3.02. The second-order valence-corrected chi connectivity index (χ2v) is 5.00. The maximum Gasteiger partial charge on any atom is 0.272 e. The van der Waals surface area contributed by atoms with E-state index in [9.17, 15) is 14.9 Å². The molecule has 22 heavy (non-hydrogen) atoms. The second kappa shape index (κ2) is 5.40. The van der Waals surface area contributed by atoms with Gasteiger partial charge < -0.3 is 4.57 Å². The summed E-state index contributed by atoms with van der Waals surface area (Å²) < 4.78 is 1.59. The van der Waals surface area contributed by atoms with E-state index in [1.54, 1.807) is 17.6 Å². The summed E-state index contributed by atoms with van der Waals surface area (Å²) in [6, 6.07) is 13.9. The lowest BCUT2D eigenvalue weighted by atomic mass is 10.2. The number of benzene rings is 2. The Morgan fingerprint density at radius 2 is 1.91 bits per heavy atom. The fraction of sp³-hybridized carbons (Fsp3) is 0.125. The summed E-state index contributed by atoms with van der Waals surface area (Å²) >= 11 is 0. The van der Waals surface area contributed by atoms with Gasteiger partial charge in [-0.05, 0) is 18.6 Å². The third-order valence-electron chi connectivity index (χ3n) is 3.49. The quantitative estimate of drug-likeness (QED) is 0.549. The van der Waals surface area contributed by atoms with Crippen LogP contribution in [-0.4, -0.2) is 14.5 Å². The molecule has 0 bridgehead atoms. The van der Waals surface area contributed by atoms with Crippen LogP contribution in [0.2, 0.25) is 0 Å². The van der Waals surface area contributed by atoms with Gasteiger partial charge in [0.15, 0.2) is 0 Å². The van der Waals surface area contributed by atoms with Crippen molar-refractivity contribution >= 4 is 16.7 Å². The van der Waals surface area contributed by atoms with E-state index in [4.69, 9.17) is 0 Å². The van der Waals surface area contributed by atoms with Gasteiger partial charge in [-0.25, -0.2) is 4.98 Å². The molecule has 0 atom stereocenters. The Morgan fingerprint density at radius 1 is 1.18 bits per heavy atom. The molecular formula is C16H13N3O3. The van der Waals surface area contributed by atoms with E-state index in [2.05, 4.69) is 4.98 Å². The minimum Gasteiger partial charge on any atom is -0.301 e. The standard InChI is InChI=1S/C16H13N3O3/c1-11-16(20)18(10-12-5-3-2-4-6-12)15-8-7-13(19(21)22)9-14(15)17-11/h2-9H,10H2,1H3. The third kappa shape index (κ3) is 2.46. The molecule has 2 aromatic carbocycles. The first kappa shape index (κ1) is 13.9. The molecule has 6 heteroatoms. The highest BCUT2D eigenvalue weighted by Gasteiger charge is 2.12. The van der Waals surface area contributed by atoms with Crippen molar-refractivity contribution in [3.63, 3.8) is 0 Å². The van der Waals surface area contributed by atoms with E-state index in [0.717, 1.165) is 5.56 Å². The number of non-ortho nitro benzene ring substituents is 1. The molecule has 0 fully saturated rings. The molecule has 6 nitrogen and oxygen atoms in total. The van der Waals surface area contributed by atoms with Gasteiger partial charge in [-0.1, -0.05) is 30.3 Å². The van der Waals surface area contributed by atoms with Gasteiger partial charge in [-0.2, -0.15) is 0 Å². The number of aromatic nitrogens is 2. The smallest absolute Gasteiger partial charge is 0.272 e. The van der Waals surface area contributed by atoms with Gasteiger partial charge in [-0.3, -0.25) is 14.9 Å². The van der Waals surface area contributed by atoms with Gasteiger partial charge >= 0.3 is 0 Å². The first-order valence-electron chi connectivity index (χ1n) is 6.76. The summed E-state index contributed by atoms with van der Waals surface area (Å²) in [6.07, 6.45) is 0. The van der Waals surface area contributed by atoms with Crippen molar-refractivity contribution < 1.29 is 4.92 Å². The molecule has 110 valence electrons. The number of hydrogen-bond donors (Lipinski definition) is 0. The van der Waals surface area contributed by atoms with Crippen molar-refractivity contribution in [1.82, 2.24) is 9.55 Å². The molecule has 0 saturated heterocycles. The van der Waals surface area contributed by atoms with Crippen molar-refractivity contribution in [1.29, 1.82) is 0 Å². The average molecular weight is 295 g/mol. The van der Waals surface area contributed by atoms with Gasteiger partial charge in [0, 0.05) is 12.1 Å². The van der Waals surface area contributed by atoms with E-state index in [1.165, 1.54) is 12.1 Å². The Labute approximate surface area is 125 Å². The van der Waals surface area contributed by atoms with E-state index in [-0.39, 0.29) is 11.2 Å². The number of nitrogens with zero attached hydrogens (tertiary/aromatic N) is 3. The van der Waals surface area contributed by atoms with Crippen molar-refractivity contribution in [3.05, 3.63) is 80.3 Å². The number of aryl methyl sites for hydroxylation is 1. The Bertz CT molecular complexity index is 917. The highest BCUT2D eigenvalue weighted by atomic mass is 16.6. The maximum absolute atomic E-state index is 12.4. The predicted octanol–water partition coefficient (Wildman–Crippen LogP) is 2.66. The minimum atomic E-state index is -0.469. The molecule has 0 aliphatic heterocycles. The van der Waals surface area contributed by atoms with E-state index in [0.29, 0.717) is 23.3 Å². The van der Waals surface area contributed by atoms with E-state index in [1.807, 2.05) is 30.3 Å². The van der Waals surface area contributed by atoms with Gasteiger partial charge in [0.05, 0.1) is 22.5 Å². The van der Waals surface area contributed by atoms with Crippen LogP contribution in [-0.2, 0) is 6.54 Å². The first-order valence-corrected chi connectivity index (χ1v) is 6.76. The lowest BCUT2D eigenvalue weighted by Crippen LogP contribution is -2.24. The molecule has 0 aliphatic rings. The largest absolute Gasteiger partial charge is 0.301 e. The van der Waals surface area contributed by atoms with Crippen molar-refractivity contribution in [2.75, 3.05) is 0 Å². The van der Waals surface area contributed by atoms with Crippen molar-refractivity contribution in [2.24, 2.45) is 0 Å². The molecule has 0 radical (unpaired) electrons. The Balaban J connectivity index is 2.21. The van der Waals surface area contributed by atoms with Gasteiger partial charge in [-0.15, -0.1) is 0 Å². The number of nitro groups is 1. The summed E-state index contributed by atoms with van der Waals surface area (Å²) in [5.74, 6) is 0. The van der Waals surface area contributed by atoms with Crippen LogP contribution in [0.25, 0.3) is 11.0 Å². The highest BCUT2D eigenvalue weighted by molar-refractivity contribution is 5.77. The fourth-order valence-corrected chi connectivity index (χ4v) is 2.40. The Kier molecular flexibility index (Phi) is 3.42. The van der Waals surface area contributed by atoms with Crippen molar-refractivity contribution in [3.8, 4) is 0 Å². The van der Waals surface area contributed by atoms with Gasteiger partial charge in [0.2, 0.25) is 0 Å². The molecule has 0 unspecified atom stereocenters. The van der Waals surface area contributed by atoms with Crippen LogP contribution in [0.1, 0.15) is 11.3 Å². The molecule has 0 aliphatic carbocycles. The molecule has 0 N–H and O–H groups in total. The highest BCUT2D eigenvalue weighted by Crippen LogP contribution is 2.19. The summed E-state index contributed by atoms with van der Waals surface area (Å²) in [5.41, 5.74) is 2.11. The topological polar surface area (TPSA) is 78.0 Å². The van der Waals surface area contributed by atoms with Crippen LogP contribution in [0.5, 0.6) is 0 Å². The normalized spacial score (nSPS) is 10.8. The summed E-state index contributed by atoms with van der Waals surface area (Å²) in [6.45, 7) is 2.01. The van der Waals surface area contributed by atoms with Crippen LogP contribution in [0.3, 0.4) is 0 Å². The molecule has 1 aromatic heterocycles. The van der Waals surface area contributed by atoms with Gasteiger partial charge in [0.1, 0.15) is 5.69 Å². The molecule has 0 saturated carbocycles. The monoisotopic (exact) mass is 295 g/mol. The Morgan fingerprint density at radius 3 is 2.59 bits per heavy atom. The number of fused-ring (bicyclic) bond motifs is 1. The van der Waals surface area contributed by atoms with Gasteiger partial charge in [0.25, 0.3) is 11.2 Å². The van der Waals surface area contributed by atoms with E-state index >= 15 is 0 Å². The third-order valence-corrected chi connectivity index (χ3v) is 3.49. The number of nitro benzene ring substituents is 1. The average Bonchev–Trinajstić information content (AvgIpc) is 2.52. The molecule has 3 rings (SSSR count). The summed E-state index contributed by atoms with van der Waals surface area (Å²) in [4.78, 5) is 27.0. The SMILES string of the molecule is Cc1nc2cc([N+](=O)[O-])ccc2n(Cc2ccccc2)c1=O. The first-order chi connectivity index (χ1) is 10.6. The molecular weight excluding hydrogens is 282 g/mol.